The molecular weight excluding hydrogens is 178 g/mol. The molecule has 0 aromatic carbocycles. The molecule has 78 valence electrons. The summed E-state index contributed by atoms with van der Waals surface area (Å²) < 4.78 is 5.28. The summed E-state index contributed by atoms with van der Waals surface area (Å²) in [5.74, 6) is 0. The molecule has 1 atom stereocenters. The van der Waals surface area contributed by atoms with Gasteiger partial charge in [-0.3, -0.25) is 4.98 Å². The second-order valence-electron chi connectivity index (χ2n) is 3.32. The lowest BCUT2D eigenvalue weighted by Crippen LogP contribution is -2.09. The van der Waals surface area contributed by atoms with E-state index >= 15 is 0 Å². The summed E-state index contributed by atoms with van der Waals surface area (Å²) in [4.78, 5) is 3.97. The van der Waals surface area contributed by atoms with Crippen LogP contribution in [0.25, 0.3) is 0 Å². The molecule has 0 saturated carbocycles. The van der Waals surface area contributed by atoms with Crippen molar-refractivity contribution in [3.05, 3.63) is 29.6 Å². The molecule has 3 nitrogen and oxygen atoms in total. The molecule has 1 rings (SSSR count). The van der Waals surface area contributed by atoms with Gasteiger partial charge in [-0.25, -0.2) is 0 Å². The number of nitrogens with zero attached hydrogens (tertiary/aromatic N) is 1. The average Bonchev–Trinajstić information content (AvgIpc) is 2.18. The summed E-state index contributed by atoms with van der Waals surface area (Å²) >= 11 is 0. The molecule has 0 spiro atoms. The summed E-state index contributed by atoms with van der Waals surface area (Å²) in [5.41, 5.74) is 1.90. The number of aliphatic hydroxyl groups is 1. The van der Waals surface area contributed by atoms with Gasteiger partial charge in [0.05, 0.1) is 6.61 Å². The Morgan fingerprint density at radius 2 is 2.36 bits per heavy atom. The first-order valence-electron chi connectivity index (χ1n) is 4.92. The van der Waals surface area contributed by atoms with Crippen molar-refractivity contribution in [3.63, 3.8) is 0 Å². The maximum absolute atomic E-state index is 9.78. The van der Waals surface area contributed by atoms with E-state index in [4.69, 9.17) is 4.74 Å². The second kappa shape index (κ2) is 5.73. The monoisotopic (exact) mass is 195 g/mol. The average molecular weight is 195 g/mol. The van der Waals surface area contributed by atoms with Crippen LogP contribution in [0, 0.1) is 6.92 Å². The van der Waals surface area contributed by atoms with E-state index < -0.39 is 6.10 Å². The van der Waals surface area contributed by atoms with Crippen LogP contribution in [0.15, 0.2) is 18.5 Å². The predicted molar refractivity (Wildman–Crippen MR) is 55.0 cm³/mol. The van der Waals surface area contributed by atoms with Gasteiger partial charge < -0.3 is 9.84 Å². The molecule has 1 unspecified atom stereocenters. The van der Waals surface area contributed by atoms with Gasteiger partial charge in [-0.1, -0.05) is 6.92 Å². The Bertz CT molecular complexity index is 276. The highest BCUT2D eigenvalue weighted by Gasteiger charge is 2.09. The van der Waals surface area contributed by atoms with Crippen LogP contribution in [0.3, 0.4) is 0 Å². The van der Waals surface area contributed by atoms with Gasteiger partial charge in [0.2, 0.25) is 0 Å². The summed E-state index contributed by atoms with van der Waals surface area (Å²) in [6, 6.07) is 1.83. The van der Waals surface area contributed by atoms with Crippen molar-refractivity contribution in [1.82, 2.24) is 4.98 Å². The topological polar surface area (TPSA) is 42.4 Å². The molecule has 1 heterocycles. The third-order valence-corrected chi connectivity index (χ3v) is 2.05. The van der Waals surface area contributed by atoms with E-state index in [1.165, 1.54) is 0 Å². The second-order valence-corrected chi connectivity index (χ2v) is 3.32. The van der Waals surface area contributed by atoms with Gasteiger partial charge in [-0.15, -0.1) is 0 Å². The zero-order valence-corrected chi connectivity index (χ0v) is 8.73. The van der Waals surface area contributed by atoms with Crippen LogP contribution in [-0.4, -0.2) is 23.3 Å². The predicted octanol–water partition coefficient (Wildman–Crippen LogP) is 1.85. The highest BCUT2D eigenvalue weighted by atomic mass is 16.5. The number of hydrogen-bond acceptors (Lipinski definition) is 3. The summed E-state index contributed by atoms with van der Waals surface area (Å²) in [6.07, 6.45) is 3.87. The van der Waals surface area contributed by atoms with Gasteiger partial charge in [-0.05, 0) is 30.5 Å². The molecule has 0 amide bonds. The standard InChI is InChI=1S/C11H17NO2/c1-3-6-14-8-11(13)10-4-5-12-7-9(10)2/h4-5,7,11,13H,3,6,8H2,1-2H3. The van der Waals surface area contributed by atoms with Crippen molar-refractivity contribution in [2.75, 3.05) is 13.2 Å². The molecule has 1 N–H and O–H groups in total. The maximum Gasteiger partial charge on any atom is 0.103 e. The highest BCUT2D eigenvalue weighted by Crippen LogP contribution is 2.16. The molecule has 0 saturated heterocycles. The number of rotatable bonds is 5. The van der Waals surface area contributed by atoms with Crippen molar-refractivity contribution >= 4 is 0 Å². The molecule has 0 aliphatic heterocycles. The van der Waals surface area contributed by atoms with Crippen molar-refractivity contribution in [2.24, 2.45) is 0 Å². The zero-order valence-electron chi connectivity index (χ0n) is 8.73. The van der Waals surface area contributed by atoms with E-state index in [1.54, 1.807) is 12.4 Å². The van der Waals surface area contributed by atoms with Gasteiger partial charge in [0.25, 0.3) is 0 Å². The van der Waals surface area contributed by atoms with E-state index in [0.29, 0.717) is 13.2 Å². The third-order valence-electron chi connectivity index (χ3n) is 2.05. The number of ether oxygens (including phenoxy) is 1. The first kappa shape index (κ1) is 11.1. The van der Waals surface area contributed by atoms with Gasteiger partial charge in [0.1, 0.15) is 6.10 Å². The fourth-order valence-electron chi connectivity index (χ4n) is 1.29. The molecular formula is C11H17NO2. The fraction of sp³-hybridized carbons (Fsp3) is 0.545. The van der Waals surface area contributed by atoms with Crippen LogP contribution in [0.2, 0.25) is 0 Å². The molecule has 0 aliphatic carbocycles. The molecule has 0 radical (unpaired) electrons. The van der Waals surface area contributed by atoms with Gasteiger partial charge >= 0.3 is 0 Å². The molecule has 0 fully saturated rings. The number of aryl methyl sites for hydroxylation is 1. The number of hydrogen-bond donors (Lipinski definition) is 1. The van der Waals surface area contributed by atoms with Crippen LogP contribution in [0.5, 0.6) is 0 Å². The van der Waals surface area contributed by atoms with Crippen LogP contribution >= 0.6 is 0 Å². The van der Waals surface area contributed by atoms with Crippen LogP contribution in [-0.2, 0) is 4.74 Å². The Kier molecular flexibility index (Phi) is 4.56. The van der Waals surface area contributed by atoms with E-state index in [0.717, 1.165) is 17.5 Å². The molecule has 1 aromatic heterocycles. The Labute approximate surface area is 84.7 Å². The quantitative estimate of drug-likeness (QED) is 0.729. The minimum Gasteiger partial charge on any atom is -0.386 e. The Balaban J connectivity index is 2.51. The summed E-state index contributed by atoms with van der Waals surface area (Å²) in [5, 5.41) is 9.78. The third kappa shape index (κ3) is 3.09. The lowest BCUT2D eigenvalue weighted by molar-refractivity contribution is 0.0360. The maximum atomic E-state index is 9.78. The van der Waals surface area contributed by atoms with Crippen molar-refractivity contribution in [1.29, 1.82) is 0 Å². The number of aromatic nitrogens is 1. The molecule has 14 heavy (non-hydrogen) atoms. The lowest BCUT2D eigenvalue weighted by atomic mass is 10.1. The smallest absolute Gasteiger partial charge is 0.103 e. The van der Waals surface area contributed by atoms with Crippen LogP contribution in [0.4, 0.5) is 0 Å². The Morgan fingerprint density at radius 3 is 3.00 bits per heavy atom. The molecule has 0 aliphatic rings. The van der Waals surface area contributed by atoms with E-state index in [2.05, 4.69) is 4.98 Å². The minimum atomic E-state index is -0.537. The fourth-order valence-corrected chi connectivity index (χ4v) is 1.29. The zero-order chi connectivity index (χ0) is 10.4. The van der Waals surface area contributed by atoms with Crippen molar-refractivity contribution < 1.29 is 9.84 Å². The van der Waals surface area contributed by atoms with Crippen molar-refractivity contribution in [2.45, 2.75) is 26.4 Å². The largest absolute Gasteiger partial charge is 0.386 e. The highest BCUT2D eigenvalue weighted by molar-refractivity contribution is 5.23. The van der Waals surface area contributed by atoms with Crippen LogP contribution in [0.1, 0.15) is 30.6 Å². The van der Waals surface area contributed by atoms with Gasteiger partial charge in [-0.2, -0.15) is 0 Å². The van der Waals surface area contributed by atoms with E-state index in [-0.39, 0.29) is 0 Å². The van der Waals surface area contributed by atoms with Gasteiger partial charge in [0, 0.05) is 19.0 Å². The first-order chi connectivity index (χ1) is 6.75. The lowest BCUT2D eigenvalue weighted by Gasteiger charge is -2.13. The SMILES string of the molecule is CCCOCC(O)c1ccncc1C. The molecule has 1 aromatic rings. The first-order valence-corrected chi connectivity index (χ1v) is 4.92. The number of pyridine rings is 1. The summed E-state index contributed by atoms with van der Waals surface area (Å²) in [6.45, 7) is 5.04. The molecule has 0 bridgehead atoms. The van der Waals surface area contributed by atoms with Crippen molar-refractivity contribution in [3.8, 4) is 0 Å². The van der Waals surface area contributed by atoms with Gasteiger partial charge in [0.15, 0.2) is 0 Å². The summed E-state index contributed by atoms with van der Waals surface area (Å²) in [7, 11) is 0. The normalized spacial score (nSPS) is 12.8. The van der Waals surface area contributed by atoms with E-state index in [1.807, 2.05) is 19.9 Å². The number of aliphatic hydroxyl groups excluding tert-OH is 1. The Morgan fingerprint density at radius 1 is 1.57 bits per heavy atom. The Hall–Kier alpha value is -0.930. The van der Waals surface area contributed by atoms with Crippen LogP contribution < -0.4 is 0 Å². The molecule has 3 heteroatoms. The van der Waals surface area contributed by atoms with E-state index in [9.17, 15) is 5.11 Å². The minimum absolute atomic E-state index is 0.360.